The Bertz CT molecular complexity index is 508. The molecule has 0 aromatic carbocycles. The number of carbonyl (C=O) groups is 1. The summed E-state index contributed by atoms with van der Waals surface area (Å²) in [6.45, 7) is 0. The molecule has 0 unspecified atom stereocenters. The number of hydrogen-bond acceptors (Lipinski definition) is 4. The maximum absolute atomic E-state index is 11.9. The average molecular weight is 223 g/mol. The minimum atomic E-state index is -0.223. The van der Waals surface area contributed by atoms with Crippen LogP contribution in [0.5, 0.6) is 0 Å². The van der Waals surface area contributed by atoms with E-state index in [-0.39, 0.29) is 16.8 Å². The fraction of sp³-hybridized carbons (Fsp3) is 0.111. The van der Waals surface area contributed by atoms with Gasteiger partial charge in [-0.1, -0.05) is 11.6 Å². The van der Waals surface area contributed by atoms with Gasteiger partial charge in [0.15, 0.2) is 0 Å². The van der Waals surface area contributed by atoms with Crippen molar-refractivity contribution in [2.45, 2.75) is 0 Å². The molecule has 2 rings (SSSR count). The van der Waals surface area contributed by atoms with Crippen molar-refractivity contribution in [3.63, 3.8) is 0 Å². The largest absolute Gasteiger partial charge is 0.314 e. The Labute approximate surface area is 90.7 Å². The van der Waals surface area contributed by atoms with Crippen LogP contribution in [0, 0.1) is 0 Å². The zero-order valence-electron chi connectivity index (χ0n) is 7.88. The Morgan fingerprint density at radius 1 is 1.53 bits per heavy atom. The van der Waals surface area contributed by atoms with Crippen LogP contribution < -0.4 is 0 Å². The molecule has 0 N–H and O–H groups in total. The van der Waals surface area contributed by atoms with Gasteiger partial charge in [-0.3, -0.25) is 4.79 Å². The number of carbonyl (C=O) groups excluding carboxylic acids is 1. The average Bonchev–Trinajstić information content (AvgIpc) is 2.63. The molecule has 0 radical (unpaired) electrons. The van der Waals surface area contributed by atoms with Crippen molar-refractivity contribution in [1.82, 2.24) is 19.7 Å². The third-order valence-corrected chi connectivity index (χ3v) is 2.11. The molecule has 0 saturated heterocycles. The molecular formula is C9H7ClN4O. The highest BCUT2D eigenvalue weighted by Crippen LogP contribution is 2.10. The van der Waals surface area contributed by atoms with E-state index in [2.05, 4.69) is 15.2 Å². The standard InChI is InChI=1S/C9H7ClN4O/c1-14-5-12-13-9(14)8(15)6-2-3-11-7(10)4-6/h2-5H,1H3. The quantitative estimate of drug-likeness (QED) is 0.564. The Balaban J connectivity index is 2.41. The number of hydrogen-bond donors (Lipinski definition) is 0. The minimum Gasteiger partial charge on any atom is -0.314 e. The molecule has 5 nitrogen and oxygen atoms in total. The number of halogens is 1. The molecule has 0 aliphatic heterocycles. The Hall–Kier alpha value is -1.75. The number of rotatable bonds is 2. The lowest BCUT2D eigenvalue weighted by molar-refractivity contribution is 0.102. The summed E-state index contributed by atoms with van der Waals surface area (Å²) >= 11 is 5.68. The van der Waals surface area contributed by atoms with E-state index >= 15 is 0 Å². The Morgan fingerprint density at radius 2 is 2.33 bits per heavy atom. The highest BCUT2D eigenvalue weighted by atomic mass is 35.5. The third kappa shape index (κ3) is 1.87. The van der Waals surface area contributed by atoms with Gasteiger partial charge < -0.3 is 4.57 Å². The van der Waals surface area contributed by atoms with Crippen molar-refractivity contribution in [2.75, 3.05) is 0 Å². The molecule has 0 atom stereocenters. The second-order valence-corrected chi connectivity index (χ2v) is 3.35. The molecule has 2 aromatic rings. The van der Waals surface area contributed by atoms with E-state index in [9.17, 15) is 4.79 Å². The summed E-state index contributed by atoms with van der Waals surface area (Å²) in [6, 6.07) is 3.08. The molecule has 15 heavy (non-hydrogen) atoms. The lowest BCUT2D eigenvalue weighted by Gasteiger charge is -1.99. The number of aryl methyl sites for hydroxylation is 1. The Morgan fingerprint density at radius 3 is 2.93 bits per heavy atom. The van der Waals surface area contributed by atoms with Crippen LogP contribution >= 0.6 is 11.6 Å². The van der Waals surface area contributed by atoms with Gasteiger partial charge in [-0.25, -0.2) is 4.98 Å². The highest BCUT2D eigenvalue weighted by molar-refractivity contribution is 6.29. The fourth-order valence-electron chi connectivity index (χ4n) is 1.16. The van der Waals surface area contributed by atoms with E-state index in [0.29, 0.717) is 5.56 Å². The van der Waals surface area contributed by atoms with Crippen molar-refractivity contribution >= 4 is 17.4 Å². The van der Waals surface area contributed by atoms with Crippen LogP contribution in [-0.2, 0) is 7.05 Å². The minimum absolute atomic E-state index is 0.223. The molecule has 2 heterocycles. The van der Waals surface area contributed by atoms with Crippen LogP contribution in [0.25, 0.3) is 0 Å². The topological polar surface area (TPSA) is 60.7 Å². The normalized spacial score (nSPS) is 10.3. The van der Waals surface area contributed by atoms with E-state index in [0.717, 1.165) is 0 Å². The summed E-state index contributed by atoms with van der Waals surface area (Å²) in [6.07, 6.45) is 2.95. The summed E-state index contributed by atoms with van der Waals surface area (Å²) in [5.74, 6) is 0.0524. The molecule has 0 saturated carbocycles. The van der Waals surface area contributed by atoms with Crippen LogP contribution in [0.3, 0.4) is 0 Å². The molecule has 0 aliphatic carbocycles. The van der Waals surface area contributed by atoms with Gasteiger partial charge in [0, 0.05) is 18.8 Å². The lowest BCUT2D eigenvalue weighted by Crippen LogP contribution is -2.08. The number of pyridine rings is 1. The van der Waals surface area contributed by atoms with Crippen molar-refractivity contribution in [2.24, 2.45) is 7.05 Å². The highest BCUT2D eigenvalue weighted by Gasteiger charge is 2.14. The van der Waals surface area contributed by atoms with Gasteiger partial charge in [0.05, 0.1) is 0 Å². The molecule has 0 aliphatic rings. The predicted molar refractivity (Wildman–Crippen MR) is 53.7 cm³/mol. The zero-order chi connectivity index (χ0) is 10.8. The smallest absolute Gasteiger partial charge is 0.230 e. The van der Waals surface area contributed by atoms with Gasteiger partial charge in [-0.05, 0) is 12.1 Å². The molecule has 0 amide bonds. The third-order valence-electron chi connectivity index (χ3n) is 1.90. The van der Waals surface area contributed by atoms with Crippen LogP contribution in [0.1, 0.15) is 16.2 Å². The van der Waals surface area contributed by atoms with Gasteiger partial charge in [0.2, 0.25) is 11.6 Å². The predicted octanol–water partition coefficient (Wildman–Crippen LogP) is 1.09. The first kappa shape index (κ1) is 9.79. The summed E-state index contributed by atoms with van der Waals surface area (Å²) in [5, 5.41) is 7.64. The van der Waals surface area contributed by atoms with Crippen LogP contribution in [-0.4, -0.2) is 25.5 Å². The maximum atomic E-state index is 11.9. The van der Waals surface area contributed by atoms with Gasteiger partial charge in [0.1, 0.15) is 11.5 Å². The van der Waals surface area contributed by atoms with Crippen LogP contribution in [0.2, 0.25) is 5.15 Å². The monoisotopic (exact) mass is 222 g/mol. The van der Waals surface area contributed by atoms with Gasteiger partial charge in [-0.15, -0.1) is 10.2 Å². The van der Waals surface area contributed by atoms with Crippen molar-refractivity contribution in [1.29, 1.82) is 0 Å². The van der Waals surface area contributed by atoms with Gasteiger partial charge in [0.25, 0.3) is 0 Å². The van der Waals surface area contributed by atoms with E-state index in [1.807, 2.05) is 0 Å². The number of aromatic nitrogens is 4. The van der Waals surface area contributed by atoms with E-state index in [1.54, 1.807) is 17.7 Å². The first-order valence-corrected chi connectivity index (χ1v) is 4.56. The van der Waals surface area contributed by atoms with Gasteiger partial charge in [-0.2, -0.15) is 0 Å². The van der Waals surface area contributed by atoms with Crippen LogP contribution in [0.15, 0.2) is 24.7 Å². The van der Waals surface area contributed by atoms with E-state index in [1.165, 1.54) is 18.6 Å². The second-order valence-electron chi connectivity index (χ2n) is 2.96. The molecule has 0 bridgehead atoms. The zero-order valence-corrected chi connectivity index (χ0v) is 8.64. The first-order chi connectivity index (χ1) is 7.18. The maximum Gasteiger partial charge on any atom is 0.230 e. The summed E-state index contributed by atoms with van der Waals surface area (Å²) in [5.41, 5.74) is 0.450. The molecule has 0 spiro atoms. The number of nitrogens with zero attached hydrogens (tertiary/aromatic N) is 4. The summed E-state index contributed by atoms with van der Waals surface area (Å²) < 4.78 is 1.55. The van der Waals surface area contributed by atoms with Crippen LogP contribution in [0.4, 0.5) is 0 Å². The fourth-order valence-corrected chi connectivity index (χ4v) is 1.34. The molecular weight excluding hydrogens is 216 g/mol. The first-order valence-electron chi connectivity index (χ1n) is 4.19. The van der Waals surface area contributed by atoms with Crippen molar-refractivity contribution in [3.05, 3.63) is 41.2 Å². The Kier molecular flexibility index (Phi) is 2.47. The molecule has 76 valence electrons. The van der Waals surface area contributed by atoms with E-state index in [4.69, 9.17) is 11.6 Å². The molecule has 2 aromatic heterocycles. The molecule has 0 fully saturated rings. The summed E-state index contributed by atoms with van der Waals surface area (Å²) in [4.78, 5) is 15.7. The van der Waals surface area contributed by atoms with Crippen molar-refractivity contribution < 1.29 is 4.79 Å². The lowest BCUT2D eigenvalue weighted by atomic mass is 10.2. The number of ketones is 1. The van der Waals surface area contributed by atoms with E-state index < -0.39 is 0 Å². The summed E-state index contributed by atoms with van der Waals surface area (Å²) in [7, 11) is 1.70. The molecule has 6 heteroatoms. The van der Waals surface area contributed by atoms with Crippen molar-refractivity contribution in [3.8, 4) is 0 Å². The van der Waals surface area contributed by atoms with Gasteiger partial charge >= 0.3 is 0 Å². The second kappa shape index (κ2) is 3.78. The SMILES string of the molecule is Cn1cnnc1C(=O)c1ccnc(Cl)c1.